The van der Waals surface area contributed by atoms with Crippen LogP contribution in [0, 0.1) is 5.41 Å². The third kappa shape index (κ3) is 5.75. The average Bonchev–Trinajstić information content (AvgIpc) is 3.43. The van der Waals surface area contributed by atoms with Crippen LogP contribution in [-0.4, -0.2) is 28.9 Å². The van der Waals surface area contributed by atoms with E-state index in [4.69, 9.17) is 10.5 Å². The van der Waals surface area contributed by atoms with Crippen LogP contribution >= 0.6 is 0 Å². The molecule has 1 amide bonds. The van der Waals surface area contributed by atoms with Gasteiger partial charge in [-0.15, -0.1) is 0 Å². The highest BCUT2D eigenvalue weighted by atomic mass is 16.5. The first-order valence-electron chi connectivity index (χ1n) is 12.6. The van der Waals surface area contributed by atoms with Crippen molar-refractivity contribution < 1.29 is 9.53 Å². The first-order valence-corrected chi connectivity index (χ1v) is 12.6. The smallest absolute Gasteiger partial charge is 0.222 e. The summed E-state index contributed by atoms with van der Waals surface area (Å²) < 4.78 is 6.10. The summed E-state index contributed by atoms with van der Waals surface area (Å²) in [4.78, 5) is 18.4. The van der Waals surface area contributed by atoms with Crippen molar-refractivity contribution in [3.05, 3.63) is 54.1 Å². The standard InChI is InChI=1S/C29H39N3O2/c1-29(2,3)19-20(14-17-26(33)32(4)21-10-8-9-11-21)27-24-18-23(15-16-25(24)31-28(27)30)34-22-12-6-5-7-13-22/h5-7,12-13,15-16,18,20-21,31H,8-11,14,17,19,30H2,1-4H3/t20-/m0/s1. The molecule has 34 heavy (non-hydrogen) atoms. The number of anilines is 1. The third-order valence-corrected chi connectivity index (χ3v) is 7.06. The van der Waals surface area contributed by atoms with Crippen LogP contribution in [0.15, 0.2) is 48.5 Å². The van der Waals surface area contributed by atoms with Gasteiger partial charge in [-0.25, -0.2) is 0 Å². The maximum Gasteiger partial charge on any atom is 0.222 e. The zero-order valence-corrected chi connectivity index (χ0v) is 21.1. The fraction of sp³-hybridized carbons (Fsp3) is 0.483. The maximum absolute atomic E-state index is 13.0. The lowest BCUT2D eigenvalue weighted by Crippen LogP contribution is -2.35. The summed E-state index contributed by atoms with van der Waals surface area (Å²) in [6, 6.07) is 16.3. The summed E-state index contributed by atoms with van der Waals surface area (Å²) in [6.07, 6.45) is 7.01. The minimum Gasteiger partial charge on any atom is -0.457 e. The lowest BCUT2D eigenvalue weighted by molar-refractivity contribution is -0.132. The van der Waals surface area contributed by atoms with Crippen molar-refractivity contribution in [2.75, 3.05) is 12.8 Å². The summed E-state index contributed by atoms with van der Waals surface area (Å²) in [5.74, 6) is 2.71. The number of fused-ring (bicyclic) bond motifs is 1. The molecule has 0 unspecified atom stereocenters. The van der Waals surface area contributed by atoms with E-state index < -0.39 is 0 Å². The number of nitrogens with two attached hydrogens (primary N) is 1. The van der Waals surface area contributed by atoms with E-state index in [0.29, 0.717) is 18.3 Å². The molecule has 0 saturated heterocycles. The number of aromatic nitrogens is 1. The number of nitrogens with zero attached hydrogens (tertiary/aromatic N) is 1. The Labute approximate surface area is 203 Å². The number of rotatable bonds is 8. The number of H-pyrrole nitrogens is 1. The average molecular weight is 462 g/mol. The first-order chi connectivity index (χ1) is 16.2. The molecule has 5 nitrogen and oxygen atoms in total. The van der Waals surface area contributed by atoms with Gasteiger partial charge in [0.15, 0.2) is 0 Å². The van der Waals surface area contributed by atoms with Crippen molar-refractivity contribution in [2.45, 2.75) is 77.7 Å². The minimum absolute atomic E-state index is 0.110. The van der Waals surface area contributed by atoms with Crippen molar-refractivity contribution in [1.82, 2.24) is 9.88 Å². The number of carbonyl (C=O) groups excluding carboxylic acids is 1. The van der Waals surface area contributed by atoms with Crippen molar-refractivity contribution in [2.24, 2.45) is 5.41 Å². The summed E-state index contributed by atoms with van der Waals surface area (Å²) in [6.45, 7) is 6.75. The van der Waals surface area contributed by atoms with Crippen LogP contribution in [0.25, 0.3) is 10.9 Å². The molecule has 4 rings (SSSR count). The zero-order valence-electron chi connectivity index (χ0n) is 21.1. The fourth-order valence-corrected chi connectivity index (χ4v) is 5.40. The molecule has 2 aromatic carbocycles. The zero-order chi connectivity index (χ0) is 24.3. The molecule has 0 bridgehead atoms. The van der Waals surface area contributed by atoms with Crippen LogP contribution in [-0.2, 0) is 4.79 Å². The molecule has 0 aliphatic heterocycles. The van der Waals surface area contributed by atoms with Gasteiger partial charge >= 0.3 is 0 Å². The van der Waals surface area contributed by atoms with Crippen LogP contribution < -0.4 is 10.5 Å². The summed E-state index contributed by atoms with van der Waals surface area (Å²) >= 11 is 0. The molecule has 5 heteroatoms. The number of para-hydroxylation sites is 1. The molecule has 182 valence electrons. The predicted octanol–water partition coefficient (Wildman–Crippen LogP) is 7.24. The highest BCUT2D eigenvalue weighted by Crippen LogP contribution is 2.42. The van der Waals surface area contributed by atoms with Crippen LogP contribution in [0.1, 0.15) is 77.2 Å². The molecule has 1 aliphatic carbocycles. The fourth-order valence-electron chi connectivity index (χ4n) is 5.40. The lowest BCUT2D eigenvalue weighted by atomic mass is 9.79. The highest BCUT2D eigenvalue weighted by molar-refractivity contribution is 5.90. The second kappa shape index (κ2) is 10.1. The Morgan fingerprint density at radius 3 is 2.50 bits per heavy atom. The summed E-state index contributed by atoms with van der Waals surface area (Å²) in [5.41, 5.74) is 8.77. The van der Waals surface area contributed by atoms with Gasteiger partial charge in [0, 0.05) is 36.0 Å². The van der Waals surface area contributed by atoms with E-state index in [-0.39, 0.29) is 17.2 Å². The van der Waals surface area contributed by atoms with Gasteiger partial charge in [-0.05, 0) is 67.3 Å². The van der Waals surface area contributed by atoms with E-state index in [0.717, 1.165) is 53.6 Å². The van der Waals surface area contributed by atoms with Crippen LogP contribution in [0.5, 0.6) is 11.5 Å². The van der Waals surface area contributed by atoms with E-state index in [9.17, 15) is 4.79 Å². The quantitative estimate of drug-likeness (QED) is 0.371. The van der Waals surface area contributed by atoms with Gasteiger partial charge in [0.1, 0.15) is 17.3 Å². The number of hydrogen-bond donors (Lipinski definition) is 2. The van der Waals surface area contributed by atoms with Crippen molar-refractivity contribution in [1.29, 1.82) is 0 Å². The molecule has 1 aliphatic rings. The van der Waals surface area contributed by atoms with Gasteiger partial charge in [-0.2, -0.15) is 0 Å². The Morgan fingerprint density at radius 1 is 1.12 bits per heavy atom. The highest BCUT2D eigenvalue weighted by Gasteiger charge is 2.28. The number of hydrogen-bond acceptors (Lipinski definition) is 3. The third-order valence-electron chi connectivity index (χ3n) is 7.06. The van der Waals surface area contributed by atoms with Gasteiger partial charge in [-0.1, -0.05) is 51.8 Å². The molecule has 1 aromatic heterocycles. The molecule has 0 spiro atoms. The van der Waals surface area contributed by atoms with Crippen molar-refractivity contribution >= 4 is 22.6 Å². The maximum atomic E-state index is 13.0. The minimum atomic E-state index is 0.110. The van der Waals surface area contributed by atoms with Gasteiger partial charge in [0.05, 0.1) is 0 Å². The Hall–Kier alpha value is -2.95. The van der Waals surface area contributed by atoms with Gasteiger partial charge in [-0.3, -0.25) is 4.79 Å². The largest absolute Gasteiger partial charge is 0.457 e. The predicted molar refractivity (Wildman–Crippen MR) is 140 cm³/mol. The SMILES string of the molecule is CN(C(=O)CC[C@@H](CC(C)(C)C)c1c(N)[nH]c2ccc(Oc3ccccc3)cc12)C1CCCC1. The number of nitrogens with one attached hydrogen (secondary N) is 1. The topological polar surface area (TPSA) is 71.3 Å². The van der Waals surface area contributed by atoms with Crippen LogP contribution in [0.2, 0.25) is 0 Å². The molecule has 1 heterocycles. The molecular weight excluding hydrogens is 422 g/mol. The Balaban J connectivity index is 1.60. The van der Waals surface area contributed by atoms with E-state index in [2.05, 4.69) is 31.8 Å². The molecule has 1 atom stereocenters. The number of ether oxygens (including phenoxy) is 1. The lowest BCUT2D eigenvalue weighted by Gasteiger charge is -2.28. The van der Waals surface area contributed by atoms with Gasteiger partial charge in [0.25, 0.3) is 0 Å². The second-order valence-electron chi connectivity index (χ2n) is 11.0. The molecule has 1 saturated carbocycles. The van der Waals surface area contributed by atoms with E-state index in [1.54, 1.807) is 0 Å². The van der Waals surface area contributed by atoms with Crippen LogP contribution in [0.4, 0.5) is 5.82 Å². The first kappa shape index (κ1) is 24.2. The monoisotopic (exact) mass is 461 g/mol. The second-order valence-corrected chi connectivity index (χ2v) is 11.0. The van der Waals surface area contributed by atoms with Crippen molar-refractivity contribution in [3.8, 4) is 11.5 Å². The van der Waals surface area contributed by atoms with Crippen LogP contribution in [0.3, 0.4) is 0 Å². The van der Waals surface area contributed by atoms with E-state index in [1.165, 1.54) is 12.8 Å². The van der Waals surface area contributed by atoms with Crippen molar-refractivity contribution in [3.63, 3.8) is 0 Å². The number of aromatic amines is 1. The number of nitrogen functional groups attached to an aromatic ring is 1. The Kier molecular flexibility index (Phi) is 7.20. The van der Waals surface area contributed by atoms with E-state index >= 15 is 0 Å². The van der Waals surface area contributed by atoms with E-state index in [1.807, 2.05) is 54.4 Å². The molecule has 3 aromatic rings. The van der Waals surface area contributed by atoms with Gasteiger partial charge in [0.2, 0.25) is 5.91 Å². The molecular formula is C29H39N3O2. The normalized spacial score (nSPS) is 15.5. The number of benzene rings is 2. The molecule has 1 fully saturated rings. The Bertz CT molecular complexity index is 1110. The molecule has 0 radical (unpaired) electrons. The van der Waals surface area contributed by atoms with Gasteiger partial charge < -0.3 is 20.4 Å². The Morgan fingerprint density at radius 2 is 1.82 bits per heavy atom. The number of amides is 1. The molecule has 3 N–H and O–H groups in total. The number of carbonyl (C=O) groups is 1. The summed E-state index contributed by atoms with van der Waals surface area (Å²) in [5, 5.41) is 1.08. The summed E-state index contributed by atoms with van der Waals surface area (Å²) in [7, 11) is 1.98.